The normalized spacial score (nSPS) is 11.4. The fourth-order valence-electron chi connectivity index (χ4n) is 4.54. The average molecular weight is 576 g/mol. The molecule has 9 heteroatoms. The lowest BCUT2D eigenvalue weighted by molar-refractivity contribution is -0.142. The number of hydrogen-bond donors (Lipinski definition) is 3. The van der Waals surface area contributed by atoms with Gasteiger partial charge in [0.2, 0.25) is 5.96 Å². The van der Waals surface area contributed by atoms with Crippen LogP contribution in [0, 0.1) is 12.3 Å². The number of benzene rings is 3. The number of ether oxygens (including phenoxy) is 1. The van der Waals surface area contributed by atoms with E-state index in [1.165, 1.54) is 12.1 Å². The number of aryl methyl sites for hydroxylation is 1. The Bertz CT molecular complexity index is 1320. The number of nitrogens with one attached hydrogen (secondary N) is 2. The summed E-state index contributed by atoms with van der Waals surface area (Å²) in [5.41, 5.74) is 4.86. The van der Waals surface area contributed by atoms with E-state index in [1.54, 1.807) is 17.8 Å². The van der Waals surface area contributed by atoms with Crippen LogP contribution < -0.4 is 16.2 Å². The van der Waals surface area contributed by atoms with E-state index in [-0.39, 0.29) is 11.9 Å². The van der Waals surface area contributed by atoms with Crippen LogP contribution in [0.4, 0.5) is 5.69 Å². The Morgan fingerprint density at radius 3 is 2.41 bits per heavy atom. The molecule has 0 bridgehead atoms. The minimum atomic E-state index is -0.733. The zero-order valence-corrected chi connectivity index (χ0v) is 25.2. The van der Waals surface area contributed by atoms with Crippen molar-refractivity contribution < 1.29 is 14.3 Å². The van der Waals surface area contributed by atoms with Crippen molar-refractivity contribution in [1.82, 2.24) is 10.2 Å². The molecule has 0 heterocycles. The number of carbonyl (C=O) groups is 2. The maximum absolute atomic E-state index is 13.6. The molecule has 1 amide bonds. The van der Waals surface area contributed by atoms with E-state index in [4.69, 9.17) is 16.0 Å². The third-order valence-corrected chi connectivity index (χ3v) is 7.53. The fourth-order valence-corrected chi connectivity index (χ4v) is 5.01. The van der Waals surface area contributed by atoms with Crippen molar-refractivity contribution in [3.05, 3.63) is 89.5 Å². The first-order valence-corrected chi connectivity index (χ1v) is 15.2. The van der Waals surface area contributed by atoms with Gasteiger partial charge in [0, 0.05) is 18.7 Å². The van der Waals surface area contributed by atoms with Crippen molar-refractivity contribution in [3.8, 4) is 11.1 Å². The molecule has 218 valence electrons. The lowest BCUT2D eigenvalue weighted by Crippen LogP contribution is -2.48. The third kappa shape index (κ3) is 8.58. The predicted octanol–water partition coefficient (Wildman–Crippen LogP) is 5.60. The summed E-state index contributed by atoms with van der Waals surface area (Å²) >= 11 is 1.61. The molecule has 0 aliphatic carbocycles. The molecule has 0 saturated heterocycles. The van der Waals surface area contributed by atoms with Gasteiger partial charge in [0.25, 0.3) is 5.91 Å². The van der Waals surface area contributed by atoms with Crippen LogP contribution in [-0.4, -0.2) is 54.4 Å². The van der Waals surface area contributed by atoms with Gasteiger partial charge in [-0.05, 0) is 78.3 Å². The number of anilines is 1. The Labute approximate surface area is 247 Å². The van der Waals surface area contributed by atoms with E-state index in [9.17, 15) is 9.59 Å². The standard InChI is InChI=1S/C32H41N5O3S/c1-5-6-19-36(32(33)37(34)25-13-8-7-9-14-25)22-24-16-17-27(28(21-24)26-15-11-10-12-23(26)2)30(38)35-29(18-20-41-4)31(39)40-3/h7-17,21,29,33H,5-6,18-20,22,34H2,1-4H3,(H,35,38). The molecule has 0 spiro atoms. The van der Waals surface area contributed by atoms with Gasteiger partial charge in [-0.25, -0.2) is 15.6 Å². The summed E-state index contributed by atoms with van der Waals surface area (Å²) in [6, 6.07) is 22.3. The maximum Gasteiger partial charge on any atom is 0.328 e. The monoisotopic (exact) mass is 575 g/mol. The quantitative estimate of drug-likeness (QED) is 0.0799. The number of amides is 1. The number of hydrazine groups is 1. The number of nitrogens with zero attached hydrogens (tertiary/aromatic N) is 2. The summed E-state index contributed by atoms with van der Waals surface area (Å²) in [5.74, 6) is 6.47. The summed E-state index contributed by atoms with van der Waals surface area (Å²) in [6.45, 7) is 5.23. The van der Waals surface area contributed by atoms with Crippen LogP contribution in [-0.2, 0) is 16.1 Å². The van der Waals surface area contributed by atoms with Gasteiger partial charge in [-0.2, -0.15) is 11.8 Å². The van der Waals surface area contributed by atoms with E-state index in [0.717, 1.165) is 40.8 Å². The van der Waals surface area contributed by atoms with E-state index in [0.29, 0.717) is 30.8 Å². The number of unbranched alkanes of at least 4 members (excludes halogenated alkanes) is 1. The van der Waals surface area contributed by atoms with Crippen molar-refractivity contribution in [1.29, 1.82) is 5.41 Å². The number of para-hydroxylation sites is 1. The molecule has 0 saturated carbocycles. The molecule has 0 aliphatic heterocycles. The average Bonchev–Trinajstić information content (AvgIpc) is 3.00. The van der Waals surface area contributed by atoms with Crippen molar-refractivity contribution in [3.63, 3.8) is 0 Å². The summed E-state index contributed by atoms with van der Waals surface area (Å²) in [6.07, 6.45) is 4.31. The van der Waals surface area contributed by atoms with E-state index < -0.39 is 12.0 Å². The molecular formula is C32H41N5O3S. The van der Waals surface area contributed by atoms with Gasteiger partial charge in [0.05, 0.1) is 12.8 Å². The maximum atomic E-state index is 13.6. The number of thioether (sulfide) groups is 1. The molecular weight excluding hydrogens is 534 g/mol. The second-order valence-corrected chi connectivity index (χ2v) is 10.8. The Balaban J connectivity index is 1.97. The number of carbonyl (C=O) groups excluding carboxylic acids is 2. The predicted molar refractivity (Wildman–Crippen MR) is 169 cm³/mol. The molecule has 0 aromatic heterocycles. The highest BCUT2D eigenvalue weighted by Gasteiger charge is 2.24. The Morgan fingerprint density at radius 1 is 1.05 bits per heavy atom. The van der Waals surface area contributed by atoms with Crippen LogP contribution in [0.3, 0.4) is 0 Å². The van der Waals surface area contributed by atoms with Gasteiger partial charge < -0.3 is 15.0 Å². The first-order valence-electron chi connectivity index (χ1n) is 13.8. The Hall–Kier alpha value is -3.82. The molecule has 0 fully saturated rings. The molecule has 3 aromatic carbocycles. The molecule has 41 heavy (non-hydrogen) atoms. The third-order valence-electron chi connectivity index (χ3n) is 6.88. The van der Waals surface area contributed by atoms with Crippen molar-refractivity contribution in [2.45, 2.75) is 45.7 Å². The highest BCUT2D eigenvalue weighted by molar-refractivity contribution is 7.98. The number of rotatable bonds is 13. The van der Waals surface area contributed by atoms with Crippen LogP contribution in [0.5, 0.6) is 0 Å². The van der Waals surface area contributed by atoms with Gasteiger partial charge in [-0.3, -0.25) is 10.2 Å². The van der Waals surface area contributed by atoms with Crippen LogP contribution in [0.15, 0.2) is 72.8 Å². The zero-order valence-electron chi connectivity index (χ0n) is 24.4. The van der Waals surface area contributed by atoms with Gasteiger partial charge in [0.1, 0.15) is 6.04 Å². The van der Waals surface area contributed by atoms with Gasteiger partial charge >= 0.3 is 5.97 Å². The lowest BCUT2D eigenvalue weighted by Gasteiger charge is -2.31. The summed E-state index contributed by atoms with van der Waals surface area (Å²) in [5, 5.41) is 13.2. The lowest BCUT2D eigenvalue weighted by atomic mass is 9.93. The second kappa shape index (κ2) is 15.8. The van der Waals surface area contributed by atoms with E-state index >= 15 is 0 Å². The van der Waals surface area contributed by atoms with Crippen molar-refractivity contribution >= 4 is 35.3 Å². The number of esters is 1. The Morgan fingerprint density at radius 2 is 1.76 bits per heavy atom. The molecule has 4 N–H and O–H groups in total. The molecule has 1 atom stereocenters. The second-order valence-electron chi connectivity index (χ2n) is 9.83. The molecule has 1 unspecified atom stereocenters. The van der Waals surface area contributed by atoms with Crippen molar-refractivity contribution in [2.75, 3.05) is 30.7 Å². The number of hydrogen-bond acceptors (Lipinski definition) is 6. The van der Waals surface area contributed by atoms with E-state index in [1.807, 2.05) is 84.8 Å². The number of methoxy groups -OCH3 is 1. The van der Waals surface area contributed by atoms with Crippen LogP contribution in [0.25, 0.3) is 11.1 Å². The van der Waals surface area contributed by atoms with Gasteiger partial charge in [0.15, 0.2) is 0 Å². The SMILES string of the molecule is CCCCN(Cc1ccc(C(=O)NC(CCSC)C(=O)OC)c(-c2ccccc2C)c1)C(=N)N(N)c1ccccc1. The van der Waals surface area contributed by atoms with Crippen LogP contribution in [0.2, 0.25) is 0 Å². The first-order chi connectivity index (χ1) is 19.8. The van der Waals surface area contributed by atoms with Crippen LogP contribution in [0.1, 0.15) is 47.7 Å². The summed E-state index contributed by atoms with van der Waals surface area (Å²) in [4.78, 5) is 27.9. The number of guanidine groups is 1. The van der Waals surface area contributed by atoms with E-state index in [2.05, 4.69) is 12.2 Å². The minimum absolute atomic E-state index is 0.193. The van der Waals surface area contributed by atoms with Gasteiger partial charge in [-0.1, -0.05) is 61.9 Å². The largest absolute Gasteiger partial charge is 0.467 e. The fraction of sp³-hybridized carbons (Fsp3) is 0.344. The molecule has 3 rings (SSSR count). The minimum Gasteiger partial charge on any atom is -0.467 e. The molecule has 8 nitrogen and oxygen atoms in total. The summed E-state index contributed by atoms with van der Waals surface area (Å²) in [7, 11) is 1.33. The highest BCUT2D eigenvalue weighted by Crippen LogP contribution is 2.29. The zero-order chi connectivity index (χ0) is 29.8. The van der Waals surface area contributed by atoms with Crippen molar-refractivity contribution in [2.24, 2.45) is 5.84 Å². The van der Waals surface area contributed by atoms with Crippen LogP contribution >= 0.6 is 11.8 Å². The molecule has 0 radical (unpaired) electrons. The summed E-state index contributed by atoms with van der Waals surface area (Å²) < 4.78 is 4.95. The Kier molecular flexibility index (Phi) is 12.2. The molecule has 0 aliphatic rings. The molecule has 3 aromatic rings. The topological polar surface area (TPSA) is 112 Å². The highest BCUT2D eigenvalue weighted by atomic mass is 32.2. The number of nitrogens with two attached hydrogens (primary N) is 1. The first kappa shape index (κ1) is 31.7. The smallest absolute Gasteiger partial charge is 0.328 e. The van der Waals surface area contributed by atoms with Gasteiger partial charge in [-0.15, -0.1) is 0 Å².